The van der Waals surface area contributed by atoms with Crippen molar-refractivity contribution in [2.45, 2.75) is 13.1 Å². The molecule has 1 aliphatic heterocycles. The second-order valence-electron chi connectivity index (χ2n) is 6.98. The number of fused-ring (bicyclic) bond motifs is 1. The lowest BCUT2D eigenvalue weighted by Gasteiger charge is -2.28. The molecular formula is C23H25N2O2+. The Kier molecular flexibility index (Phi) is 5.19. The van der Waals surface area contributed by atoms with Crippen molar-refractivity contribution in [1.29, 1.82) is 0 Å². The van der Waals surface area contributed by atoms with E-state index in [0.29, 0.717) is 11.9 Å². The van der Waals surface area contributed by atoms with Crippen LogP contribution in [0, 0.1) is 0 Å². The molecule has 2 aromatic carbocycles. The van der Waals surface area contributed by atoms with Crippen molar-refractivity contribution in [3.63, 3.8) is 0 Å². The van der Waals surface area contributed by atoms with Crippen molar-refractivity contribution in [2.75, 3.05) is 26.3 Å². The molecule has 4 rings (SSSR count). The van der Waals surface area contributed by atoms with Crippen molar-refractivity contribution < 1.29 is 14.4 Å². The third-order valence-corrected chi connectivity index (χ3v) is 5.20. The van der Waals surface area contributed by atoms with E-state index >= 15 is 0 Å². The average molecular weight is 361 g/mol. The molecule has 3 aromatic rings. The van der Waals surface area contributed by atoms with E-state index < -0.39 is 0 Å². The largest absolute Gasteiger partial charge is 0.508 e. The normalized spacial score (nSPS) is 16.8. The lowest BCUT2D eigenvalue weighted by Crippen LogP contribution is -2.51. The summed E-state index contributed by atoms with van der Waals surface area (Å²) in [4.78, 5) is 2.44. The minimum absolute atomic E-state index is 0.301. The standard InChI is InChI=1S/C23H24N2O2/c1-18(25-12-14-27-15-13-25)24-10-8-19(9-11-24)2-3-20-4-5-22-17-23(26)7-6-21(22)16-20/h2-11,16-18H,12-15H2,1H3/p+1. The summed E-state index contributed by atoms with van der Waals surface area (Å²) in [5.41, 5.74) is 2.32. The first-order valence-electron chi connectivity index (χ1n) is 9.42. The van der Waals surface area contributed by atoms with Crippen molar-refractivity contribution in [2.24, 2.45) is 0 Å². The Morgan fingerprint density at radius 2 is 1.59 bits per heavy atom. The molecule has 0 spiro atoms. The maximum atomic E-state index is 9.57. The molecule has 0 radical (unpaired) electrons. The lowest BCUT2D eigenvalue weighted by molar-refractivity contribution is -0.740. The van der Waals surface area contributed by atoms with Gasteiger partial charge in [-0.1, -0.05) is 30.4 Å². The zero-order valence-corrected chi connectivity index (χ0v) is 15.6. The van der Waals surface area contributed by atoms with Gasteiger partial charge in [-0.3, -0.25) is 0 Å². The topological polar surface area (TPSA) is 36.6 Å². The number of nitrogens with zero attached hydrogens (tertiary/aromatic N) is 2. The highest BCUT2D eigenvalue weighted by molar-refractivity contribution is 5.87. The van der Waals surface area contributed by atoms with Crippen LogP contribution in [0.3, 0.4) is 0 Å². The molecule has 1 fully saturated rings. The minimum atomic E-state index is 0.301. The first-order chi connectivity index (χ1) is 13.2. The molecular weight excluding hydrogens is 336 g/mol. The van der Waals surface area contributed by atoms with Crippen molar-refractivity contribution >= 4 is 22.9 Å². The highest BCUT2D eigenvalue weighted by Gasteiger charge is 2.23. The van der Waals surface area contributed by atoms with Crippen LogP contribution in [-0.4, -0.2) is 36.3 Å². The van der Waals surface area contributed by atoms with Crippen LogP contribution in [-0.2, 0) is 4.74 Å². The van der Waals surface area contributed by atoms with E-state index in [1.165, 1.54) is 5.56 Å². The highest BCUT2D eigenvalue weighted by atomic mass is 16.5. The van der Waals surface area contributed by atoms with Gasteiger partial charge >= 0.3 is 0 Å². The molecule has 1 saturated heterocycles. The Morgan fingerprint density at radius 1 is 0.926 bits per heavy atom. The quantitative estimate of drug-likeness (QED) is 0.717. The molecule has 27 heavy (non-hydrogen) atoms. The van der Waals surface area contributed by atoms with Gasteiger partial charge in [-0.2, -0.15) is 4.57 Å². The van der Waals surface area contributed by atoms with Gasteiger partial charge in [0.05, 0.1) is 13.2 Å². The maximum absolute atomic E-state index is 9.57. The van der Waals surface area contributed by atoms with Crippen LogP contribution in [0.15, 0.2) is 60.9 Å². The van der Waals surface area contributed by atoms with Gasteiger partial charge in [0.2, 0.25) is 6.17 Å². The molecule has 4 heteroatoms. The first-order valence-corrected chi connectivity index (χ1v) is 9.42. The van der Waals surface area contributed by atoms with Gasteiger partial charge in [0.25, 0.3) is 0 Å². The zero-order valence-electron chi connectivity index (χ0n) is 15.6. The first kappa shape index (κ1) is 17.7. The second-order valence-corrected chi connectivity index (χ2v) is 6.98. The van der Waals surface area contributed by atoms with Crippen molar-refractivity contribution in [3.8, 4) is 5.75 Å². The Hall–Kier alpha value is -2.69. The molecule has 1 unspecified atom stereocenters. The number of phenolic OH excluding ortho intramolecular Hbond substituents is 1. The molecule has 2 heterocycles. The van der Waals surface area contributed by atoms with Crippen LogP contribution in [0.1, 0.15) is 24.2 Å². The van der Waals surface area contributed by atoms with Crippen LogP contribution in [0.2, 0.25) is 0 Å². The number of pyridine rings is 1. The van der Waals surface area contributed by atoms with Gasteiger partial charge in [-0.05, 0) is 40.1 Å². The smallest absolute Gasteiger partial charge is 0.211 e. The van der Waals surface area contributed by atoms with Gasteiger partial charge < -0.3 is 9.84 Å². The van der Waals surface area contributed by atoms with Gasteiger partial charge in [0.15, 0.2) is 12.4 Å². The molecule has 1 atom stereocenters. The molecule has 1 aliphatic rings. The predicted octanol–water partition coefficient (Wildman–Crippen LogP) is 3.85. The van der Waals surface area contributed by atoms with E-state index in [1.54, 1.807) is 12.1 Å². The summed E-state index contributed by atoms with van der Waals surface area (Å²) in [6.07, 6.45) is 8.87. The Labute approximate surface area is 159 Å². The molecule has 0 saturated carbocycles. The number of hydrogen-bond donors (Lipinski definition) is 1. The van der Waals surface area contributed by atoms with Crippen LogP contribution in [0.5, 0.6) is 5.75 Å². The molecule has 1 aromatic heterocycles. The van der Waals surface area contributed by atoms with E-state index in [9.17, 15) is 5.11 Å². The van der Waals surface area contributed by atoms with Crippen molar-refractivity contribution in [1.82, 2.24) is 4.90 Å². The molecule has 0 aliphatic carbocycles. The van der Waals surface area contributed by atoms with Crippen LogP contribution < -0.4 is 4.57 Å². The average Bonchev–Trinajstić information content (AvgIpc) is 2.72. The summed E-state index contributed by atoms with van der Waals surface area (Å²) in [6.45, 7) is 5.83. The highest BCUT2D eigenvalue weighted by Crippen LogP contribution is 2.22. The number of aromatic hydroxyl groups is 1. The number of ether oxygens (including phenoxy) is 1. The Balaban J connectivity index is 1.47. The Morgan fingerprint density at radius 3 is 2.37 bits per heavy atom. The summed E-state index contributed by atoms with van der Waals surface area (Å²) < 4.78 is 7.68. The summed E-state index contributed by atoms with van der Waals surface area (Å²) in [7, 11) is 0. The minimum Gasteiger partial charge on any atom is -0.508 e. The fourth-order valence-electron chi connectivity index (χ4n) is 3.50. The van der Waals surface area contributed by atoms with E-state index in [-0.39, 0.29) is 0 Å². The number of benzene rings is 2. The van der Waals surface area contributed by atoms with E-state index in [0.717, 1.165) is 42.6 Å². The predicted molar refractivity (Wildman–Crippen MR) is 108 cm³/mol. The molecule has 4 nitrogen and oxygen atoms in total. The van der Waals surface area contributed by atoms with E-state index in [4.69, 9.17) is 4.74 Å². The number of rotatable bonds is 4. The molecule has 1 N–H and O–H groups in total. The SMILES string of the molecule is CC(N1CCOCC1)[n+]1ccc(C=Cc2ccc3cc(O)ccc3c2)cc1. The molecule has 138 valence electrons. The van der Waals surface area contributed by atoms with E-state index in [2.05, 4.69) is 65.2 Å². The third kappa shape index (κ3) is 4.18. The number of aromatic nitrogens is 1. The number of phenols is 1. The number of morpholine rings is 1. The monoisotopic (exact) mass is 361 g/mol. The third-order valence-electron chi connectivity index (χ3n) is 5.20. The summed E-state index contributed by atoms with van der Waals surface area (Å²) in [6, 6.07) is 16.0. The zero-order chi connectivity index (χ0) is 18.6. The van der Waals surface area contributed by atoms with E-state index in [1.807, 2.05) is 12.1 Å². The molecule has 0 amide bonds. The van der Waals surface area contributed by atoms with Gasteiger partial charge in [0, 0.05) is 32.1 Å². The van der Waals surface area contributed by atoms with Gasteiger partial charge in [0.1, 0.15) is 5.75 Å². The fraction of sp³-hybridized carbons (Fsp3) is 0.261. The van der Waals surface area contributed by atoms with Gasteiger partial charge in [-0.25, -0.2) is 4.90 Å². The van der Waals surface area contributed by atoms with Crippen LogP contribution in [0.4, 0.5) is 0 Å². The Bertz CT molecular complexity index is 944. The maximum Gasteiger partial charge on any atom is 0.211 e. The lowest BCUT2D eigenvalue weighted by atomic mass is 10.1. The molecule has 0 bridgehead atoms. The van der Waals surface area contributed by atoms with Crippen LogP contribution in [0.25, 0.3) is 22.9 Å². The van der Waals surface area contributed by atoms with Crippen LogP contribution >= 0.6 is 0 Å². The summed E-state index contributed by atoms with van der Waals surface area (Å²) in [5.74, 6) is 0.301. The summed E-state index contributed by atoms with van der Waals surface area (Å²) in [5, 5.41) is 11.7. The second kappa shape index (κ2) is 7.91. The number of hydrogen-bond acceptors (Lipinski definition) is 3. The summed E-state index contributed by atoms with van der Waals surface area (Å²) >= 11 is 0. The van der Waals surface area contributed by atoms with Crippen molar-refractivity contribution in [3.05, 3.63) is 72.1 Å². The fourth-order valence-corrected chi connectivity index (χ4v) is 3.50. The van der Waals surface area contributed by atoms with Gasteiger partial charge in [-0.15, -0.1) is 0 Å².